The minimum Gasteiger partial charge on any atom is -0.396 e. The van der Waals surface area contributed by atoms with Crippen LogP contribution in [0.2, 0.25) is 0 Å². The van der Waals surface area contributed by atoms with Gasteiger partial charge in [0.15, 0.2) is 5.65 Å². The molecule has 1 saturated heterocycles. The number of nitrogens with two attached hydrogens (primary N) is 1. The average Bonchev–Trinajstić information content (AvgIpc) is 2.81. The van der Waals surface area contributed by atoms with Crippen molar-refractivity contribution in [2.24, 2.45) is 0 Å². The molecule has 5 nitrogen and oxygen atoms in total. The topological polar surface area (TPSA) is 59.5 Å². The van der Waals surface area contributed by atoms with Crippen LogP contribution in [0.15, 0.2) is 18.5 Å². The summed E-state index contributed by atoms with van der Waals surface area (Å²) in [6, 6.07) is 2.52. The Bertz CT molecular complexity index is 547. The molecule has 2 N–H and O–H groups in total. The van der Waals surface area contributed by atoms with Crippen molar-refractivity contribution in [1.82, 2.24) is 19.5 Å². The first-order valence-electron chi connectivity index (χ1n) is 6.63. The highest BCUT2D eigenvalue weighted by Crippen LogP contribution is 2.30. The van der Waals surface area contributed by atoms with E-state index in [-0.39, 0.29) is 0 Å². The molecule has 1 aliphatic heterocycles. The SMILES string of the molecule is CCN1CCCCC1c1cc2ncc(N)cn2n1. The molecule has 18 heavy (non-hydrogen) atoms. The van der Waals surface area contributed by atoms with Gasteiger partial charge in [-0.2, -0.15) is 5.10 Å². The Morgan fingerprint density at radius 3 is 3.17 bits per heavy atom. The third kappa shape index (κ3) is 1.95. The van der Waals surface area contributed by atoms with Crippen LogP contribution in [0.25, 0.3) is 5.65 Å². The molecular weight excluding hydrogens is 226 g/mol. The quantitative estimate of drug-likeness (QED) is 0.877. The van der Waals surface area contributed by atoms with Crippen molar-refractivity contribution in [1.29, 1.82) is 0 Å². The third-order valence-electron chi connectivity index (χ3n) is 3.71. The monoisotopic (exact) mass is 245 g/mol. The van der Waals surface area contributed by atoms with Gasteiger partial charge in [-0.15, -0.1) is 0 Å². The molecule has 0 radical (unpaired) electrons. The van der Waals surface area contributed by atoms with Crippen molar-refractivity contribution in [2.75, 3.05) is 18.8 Å². The summed E-state index contributed by atoms with van der Waals surface area (Å²) in [5.74, 6) is 0. The molecule has 0 aliphatic carbocycles. The summed E-state index contributed by atoms with van der Waals surface area (Å²) in [5.41, 5.74) is 8.37. The van der Waals surface area contributed by atoms with Gasteiger partial charge in [-0.25, -0.2) is 9.50 Å². The number of hydrogen-bond donors (Lipinski definition) is 1. The standard InChI is InChI=1S/C13H19N5/c1-2-17-6-4-3-5-12(17)11-7-13-15-8-10(14)9-18(13)16-11/h7-9,12H,2-6,14H2,1H3. The smallest absolute Gasteiger partial charge is 0.155 e. The number of rotatable bonds is 2. The lowest BCUT2D eigenvalue weighted by atomic mass is 9.99. The van der Waals surface area contributed by atoms with Gasteiger partial charge in [-0.05, 0) is 25.9 Å². The van der Waals surface area contributed by atoms with Crippen LogP contribution in [0.5, 0.6) is 0 Å². The number of likely N-dealkylation sites (tertiary alicyclic amines) is 1. The van der Waals surface area contributed by atoms with Gasteiger partial charge in [0.2, 0.25) is 0 Å². The fraction of sp³-hybridized carbons (Fsp3) is 0.538. The summed E-state index contributed by atoms with van der Waals surface area (Å²) in [4.78, 5) is 6.80. The molecule has 0 bridgehead atoms. The maximum absolute atomic E-state index is 5.73. The molecule has 5 heteroatoms. The van der Waals surface area contributed by atoms with E-state index in [0.29, 0.717) is 11.7 Å². The summed E-state index contributed by atoms with van der Waals surface area (Å²) in [6.45, 7) is 4.46. The molecule has 3 heterocycles. The summed E-state index contributed by atoms with van der Waals surface area (Å²) < 4.78 is 1.78. The van der Waals surface area contributed by atoms with Crippen LogP contribution < -0.4 is 5.73 Å². The maximum atomic E-state index is 5.73. The Labute approximate surface area is 107 Å². The molecule has 2 aromatic rings. The van der Waals surface area contributed by atoms with E-state index in [4.69, 9.17) is 5.73 Å². The predicted molar refractivity (Wildman–Crippen MR) is 71.2 cm³/mol. The number of nitrogens with zero attached hydrogens (tertiary/aromatic N) is 4. The Balaban J connectivity index is 1.97. The van der Waals surface area contributed by atoms with Gasteiger partial charge >= 0.3 is 0 Å². The first kappa shape index (κ1) is 11.5. The van der Waals surface area contributed by atoms with Crippen LogP contribution in [0, 0.1) is 0 Å². The lowest BCUT2D eigenvalue weighted by Crippen LogP contribution is -2.33. The lowest BCUT2D eigenvalue weighted by Gasteiger charge is -2.33. The van der Waals surface area contributed by atoms with E-state index in [2.05, 4.69) is 28.0 Å². The zero-order valence-electron chi connectivity index (χ0n) is 10.7. The van der Waals surface area contributed by atoms with Crippen molar-refractivity contribution >= 4 is 11.3 Å². The summed E-state index contributed by atoms with van der Waals surface area (Å²) in [5, 5.41) is 4.63. The molecular formula is C13H19N5. The molecule has 1 unspecified atom stereocenters. The summed E-state index contributed by atoms with van der Waals surface area (Å²) >= 11 is 0. The van der Waals surface area contributed by atoms with Crippen molar-refractivity contribution in [3.05, 3.63) is 24.2 Å². The molecule has 1 atom stereocenters. The van der Waals surface area contributed by atoms with Gasteiger partial charge in [-0.1, -0.05) is 13.3 Å². The number of anilines is 1. The van der Waals surface area contributed by atoms with E-state index in [0.717, 1.165) is 17.9 Å². The highest BCUT2D eigenvalue weighted by atomic mass is 15.3. The first-order chi connectivity index (χ1) is 8.78. The van der Waals surface area contributed by atoms with E-state index in [1.54, 1.807) is 10.7 Å². The van der Waals surface area contributed by atoms with Gasteiger partial charge < -0.3 is 5.73 Å². The van der Waals surface area contributed by atoms with Gasteiger partial charge in [-0.3, -0.25) is 4.90 Å². The fourth-order valence-corrected chi connectivity index (χ4v) is 2.78. The predicted octanol–water partition coefficient (Wildman–Crippen LogP) is 1.86. The van der Waals surface area contributed by atoms with Crippen molar-refractivity contribution < 1.29 is 0 Å². The second-order valence-corrected chi connectivity index (χ2v) is 4.90. The first-order valence-corrected chi connectivity index (χ1v) is 6.63. The molecule has 0 spiro atoms. The number of fused-ring (bicyclic) bond motifs is 1. The van der Waals surface area contributed by atoms with Gasteiger partial charge in [0.05, 0.1) is 29.8 Å². The van der Waals surface area contributed by atoms with Crippen molar-refractivity contribution in [3.63, 3.8) is 0 Å². The Kier molecular flexibility index (Phi) is 2.91. The third-order valence-corrected chi connectivity index (χ3v) is 3.71. The van der Waals surface area contributed by atoms with Crippen LogP contribution in [0.3, 0.4) is 0 Å². The molecule has 3 rings (SSSR count). The van der Waals surface area contributed by atoms with Gasteiger partial charge in [0, 0.05) is 6.07 Å². The molecule has 0 saturated carbocycles. The van der Waals surface area contributed by atoms with E-state index < -0.39 is 0 Å². The van der Waals surface area contributed by atoms with Crippen LogP contribution in [-0.2, 0) is 0 Å². The van der Waals surface area contributed by atoms with E-state index in [1.165, 1.54) is 25.8 Å². The van der Waals surface area contributed by atoms with Crippen molar-refractivity contribution in [2.45, 2.75) is 32.2 Å². The lowest BCUT2D eigenvalue weighted by molar-refractivity contribution is 0.153. The highest BCUT2D eigenvalue weighted by Gasteiger charge is 2.24. The Morgan fingerprint density at radius 1 is 1.44 bits per heavy atom. The van der Waals surface area contributed by atoms with E-state index in [1.807, 2.05) is 6.20 Å². The number of nitrogen functional groups attached to an aromatic ring is 1. The Hall–Kier alpha value is -1.62. The number of hydrogen-bond acceptors (Lipinski definition) is 4. The minimum atomic E-state index is 0.437. The van der Waals surface area contributed by atoms with Crippen LogP contribution in [0.1, 0.15) is 37.9 Å². The largest absolute Gasteiger partial charge is 0.396 e. The van der Waals surface area contributed by atoms with Gasteiger partial charge in [0.1, 0.15) is 0 Å². The second kappa shape index (κ2) is 4.57. The molecule has 1 aliphatic rings. The number of piperidine rings is 1. The Morgan fingerprint density at radius 2 is 2.33 bits per heavy atom. The van der Waals surface area contributed by atoms with E-state index in [9.17, 15) is 0 Å². The maximum Gasteiger partial charge on any atom is 0.155 e. The molecule has 0 amide bonds. The molecule has 2 aromatic heterocycles. The van der Waals surface area contributed by atoms with E-state index >= 15 is 0 Å². The zero-order valence-corrected chi connectivity index (χ0v) is 10.7. The summed E-state index contributed by atoms with van der Waals surface area (Å²) in [7, 11) is 0. The zero-order chi connectivity index (χ0) is 12.5. The van der Waals surface area contributed by atoms with Crippen LogP contribution in [-0.4, -0.2) is 32.6 Å². The number of aromatic nitrogens is 3. The molecule has 96 valence electrons. The average molecular weight is 245 g/mol. The van der Waals surface area contributed by atoms with Crippen LogP contribution in [0.4, 0.5) is 5.69 Å². The molecule has 1 fully saturated rings. The van der Waals surface area contributed by atoms with Gasteiger partial charge in [0.25, 0.3) is 0 Å². The molecule has 0 aromatic carbocycles. The van der Waals surface area contributed by atoms with Crippen molar-refractivity contribution in [3.8, 4) is 0 Å². The highest BCUT2D eigenvalue weighted by molar-refractivity contribution is 5.45. The minimum absolute atomic E-state index is 0.437. The summed E-state index contributed by atoms with van der Waals surface area (Å²) in [6.07, 6.45) is 7.27. The second-order valence-electron chi connectivity index (χ2n) is 4.90. The normalized spacial score (nSPS) is 21.5. The fourth-order valence-electron chi connectivity index (χ4n) is 2.78. The van der Waals surface area contributed by atoms with Crippen LogP contribution >= 0.6 is 0 Å².